The standard InChI is InChI=1S/C24H32N2O4S/c1-16(2)17(3)25-23(27)22-15-26(31(28,29)19-10-8-7-9-11-19)20-14-18(24(4,5)6)12-13-21(20)30-22/h7-14,16-17,22H,15H2,1-6H3,(H,25,27)/t17-,22-/m1/s1. The third-order valence-electron chi connectivity index (χ3n) is 5.69. The zero-order chi connectivity index (χ0) is 23.0. The molecule has 6 nitrogen and oxygen atoms in total. The number of anilines is 1. The lowest BCUT2D eigenvalue weighted by atomic mass is 9.86. The molecule has 7 heteroatoms. The molecule has 2 aromatic rings. The largest absolute Gasteiger partial charge is 0.476 e. The van der Waals surface area contributed by atoms with Crippen molar-refractivity contribution in [2.45, 2.75) is 64.0 Å². The summed E-state index contributed by atoms with van der Waals surface area (Å²) in [5, 5.41) is 2.94. The number of fused-ring (bicyclic) bond motifs is 1. The van der Waals surface area contributed by atoms with Crippen LogP contribution in [0.25, 0.3) is 0 Å². The number of sulfonamides is 1. The summed E-state index contributed by atoms with van der Waals surface area (Å²) in [5.41, 5.74) is 1.27. The van der Waals surface area contributed by atoms with E-state index in [1.807, 2.05) is 32.9 Å². The molecule has 3 rings (SSSR count). The number of hydrogen-bond acceptors (Lipinski definition) is 4. The Morgan fingerprint density at radius 1 is 1.10 bits per heavy atom. The van der Waals surface area contributed by atoms with E-state index in [1.165, 1.54) is 4.31 Å². The van der Waals surface area contributed by atoms with Crippen LogP contribution in [0.5, 0.6) is 5.75 Å². The zero-order valence-electron chi connectivity index (χ0n) is 19.0. The molecule has 0 aromatic heterocycles. The molecule has 168 valence electrons. The predicted molar refractivity (Wildman–Crippen MR) is 123 cm³/mol. The summed E-state index contributed by atoms with van der Waals surface area (Å²) in [6.07, 6.45) is -0.937. The number of benzene rings is 2. The molecule has 0 bridgehead atoms. The smallest absolute Gasteiger partial charge is 0.264 e. The van der Waals surface area contributed by atoms with E-state index in [2.05, 4.69) is 26.1 Å². The van der Waals surface area contributed by atoms with Gasteiger partial charge in [-0.05, 0) is 48.1 Å². The summed E-state index contributed by atoms with van der Waals surface area (Å²) in [5.74, 6) is 0.314. The second-order valence-corrected chi connectivity index (χ2v) is 11.3. The lowest BCUT2D eigenvalue weighted by molar-refractivity contribution is -0.128. The number of carbonyl (C=O) groups is 1. The number of nitrogens with zero attached hydrogens (tertiary/aromatic N) is 1. The average molecular weight is 445 g/mol. The quantitative estimate of drug-likeness (QED) is 0.753. The number of carbonyl (C=O) groups excluding carboxylic acids is 1. The number of amides is 1. The second-order valence-electron chi connectivity index (χ2n) is 9.43. The van der Waals surface area contributed by atoms with E-state index >= 15 is 0 Å². The first kappa shape index (κ1) is 23.1. The third kappa shape index (κ3) is 4.87. The third-order valence-corrected chi connectivity index (χ3v) is 7.48. The van der Waals surface area contributed by atoms with Crippen molar-refractivity contribution in [1.82, 2.24) is 5.32 Å². The van der Waals surface area contributed by atoms with Crippen molar-refractivity contribution in [1.29, 1.82) is 0 Å². The fourth-order valence-electron chi connectivity index (χ4n) is 3.29. The van der Waals surface area contributed by atoms with Gasteiger partial charge in [0, 0.05) is 6.04 Å². The van der Waals surface area contributed by atoms with Crippen LogP contribution in [0.4, 0.5) is 5.69 Å². The SMILES string of the molecule is CC(C)[C@@H](C)NC(=O)[C@H]1CN(S(=O)(=O)c2ccccc2)c2cc(C(C)(C)C)ccc2O1. The van der Waals surface area contributed by atoms with Crippen molar-refractivity contribution in [3.8, 4) is 5.75 Å². The van der Waals surface area contributed by atoms with E-state index < -0.39 is 16.1 Å². The van der Waals surface area contributed by atoms with Gasteiger partial charge >= 0.3 is 0 Å². The lowest BCUT2D eigenvalue weighted by Gasteiger charge is -2.36. The highest BCUT2D eigenvalue weighted by molar-refractivity contribution is 7.92. The Hall–Kier alpha value is -2.54. The normalized spacial score (nSPS) is 17.6. The monoisotopic (exact) mass is 444 g/mol. The minimum Gasteiger partial charge on any atom is -0.476 e. The zero-order valence-corrected chi connectivity index (χ0v) is 19.9. The van der Waals surface area contributed by atoms with Crippen molar-refractivity contribution in [3.05, 3.63) is 54.1 Å². The van der Waals surface area contributed by atoms with Gasteiger partial charge in [-0.3, -0.25) is 9.10 Å². The highest BCUT2D eigenvalue weighted by atomic mass is 32.2. The number of rotatable bonds is 5. The Balaban J connectivity index is 2.06. The van der Waals surface area contributed by atoms with Crippen LogP contribution >= 0.6 is 0 Å². The average Bonchev–Trinajstić information content (AvgIpc) is 2.72. The topological polar surface area (TPSA) is 75.7 Å². The first-order valence-electron chi connectivity index (χ1n) is 10.6. The Bertz CT molecular complexity index is 1040. The maximum absolute atomic E-state index is 13.5. The maximum atomic E-state index is 13.5. The molecule has 0 fully saturated rings. The van der Waals surface area contributed by atoms with E-state index in [0.717, 1.165) is 5.56 Å². The Kier molecular flexibility index (Phi) is 6.37. The molecule has 0 unspecified atom stereocenters. The van der Waals surface area contributed by atoms with Crippen LogP contribution in [0.15, 0.2) is 53.4 Å². The molecule has 31 heavy (non-hydrogen) atoms. The molecular formula is C24H32N2O4S. The molecule has 2 aromatic carbocycles. The van der Waals surface area contributed by atoms with Gasteiger partial charge in [-0.2, -0.15) is 0 Å². The van der Waals surface area contributed by atoms with Crippen molar-refractivity contribution in [2.24, 2.45) is 5.92 Å². The summed E-state index contributed by atoms with van der Waals surface area (Å²) in [6.45, 7) is 12.1. The van der Waals surface area contributed by atoms with Gasteiger partial charge in [-0.1, -0.05) is 58.9 Å². The number of nitrogens with one attached hydrogen (secondary N) is 1. The van der Waals surface area contributed by atoms with E-state index in [0.29, 0.717) is 11.4 Å². The minimum absolute atomic E-state index is 0.0556. The highest BCUT2D eigenvalue weighted by Crippen LogP contribution is 2.40. The van der Waals surface area contributed by atoms with Gasteiger partial charge in [0.1, 0.15) is 5.75 Å². The van der Waals surface area contributed by atoms with Crippen molar-refractivity contribution < 1.29 is 17.9 Å². The van der Waals surface area contributed by atoms with Crippen LogP contribution < -0.4 is 14.4 Å². The van der Waals surface area contributed by atoms with Crippen LogP contribution in [0.3, 0.4) is 0 Å². The lowest BCUT2D eigenvalue weighted by Crippen LogP contribution is -2.52. The second kappa shape index (κ2) is 8.54. The molecule has 1 aliphatic heterocycles. The van der Waals surface area contributed by atoms with Gasteiger partial charge in [0.15, 0.2) is 6.10 Å². The molecule has 1 aliphatic rings. The predicted octanol–water partition coefficient (Wildman–Crippen LogP) is 4.10. The fraction of sp³-hybridized carbons (Fsp3) is 0.458. The molecule has 0 saturated heterocycles. The molecule has 0 aliphatic carbocycles. The summed E-state index contributed by atoms with van der Waals surface area (Å²) in [4.78, 5) is 13.1. The van der Waals surface area contributed by atoms with Crippen molar-refractivity contribution >= 4 is 21.6 Å². The first-order chi connectivity index (χ1) is 14.4. The number of hydrogen-bond donors (Lipinski definition) is 1. The van der Waals surface area contributed by atoms with E-state index in [-0.39, 0.29) is 34.7 Å². The van der Waals surface area contributed by atoms with E-state index in [1.54, 1.807) is 36.4 Å². The van der Waals surface area contributed by atoms with Gasteiger partial charge in [0.2, 0.25) is 0 Å². The molecule has 1 heterocycles. The number of ether oxygens (including phenoxy) is 1. The summed E-state index contributed by atoms with van der Waals surface area (Å²) in [7, 11) is -3.88. The summed E-state index contributed by atoms with van der Waals surface area (Å²) >= 11 is 0. The van der Waals surface area contributed by atoms with Crippen LogP contribution in [-0.4, -0.2) is 33.0 Å². The molecule has 2 atom stereocenters. The first-order valence-corrected chi connectivity index (χ1v) is 12.0. The van der Waals surface area contributed by atoms with Crippen molar-refractivity contribution in [2.75, 3.05) is 10.8 Å². The van der Waals surface area contributed by atoms with Crippen LogP contribution in [-0.2, 0) is 20.2 Å². The minimum atomic E-state index is -3.88. The van der Waals surface area contributed by atoms with E-state index in [4.69, 9.17) is 4.74 Å². The van der Waals surface area contributed by atoms with Crippen molar-refractivity contribution in [3.63, 3.8) is 0 Å². The summed E-state index contributed by atoms with van der Waals surface area (Å²) in [6, 6.07) is 13.7. The van der Waals surface area contributed by atoms with Gasteiger partial charge in [-0.15, -0.1) is 0 Å². The molecule has 0 saturated carbocycles. The Morgan fingerprint density at radius 2 is 1.74 bits per heavy atom. The highest BCUT2D eigenvalue weighted by Gasteiger charge is 2.38. The molecule has 0 spiro atoms. The van der Waals surface area contributed by atoms with Crippen LogP contribution in [0, 0.1) is 5.92 Å². The van der Waals surface area contributed by atoms with E-state index in [9.17, 15) is 13.2 Å². The summed E-state index contributed by atoms with van der Waals surface area (Å²) < 4.78 is 34.4. The van der Waals surface area contributed by atoms with Gasteiger partial charge < -0.3 is 10.1 Å². The molecule has 1 N–H and O–H groups in total. The Labute approximate surface area is 185 Å². The Morgan fingerprint density at radius 3 is 2.32 bits per heavy atom. The fourth-order valence-corrected chi connectivity index (χ4v) is 4.77. The van der Waals surface area contributed by atoms with Crippen LogP contribution in [0.2, 0.25) is 0 Å². The van der Waals surface area contributed by atoms with Gasteiger partial charge in [0.05, 0.1) is 17.1 Å². The molecule has 0 radical (unpaired) electrons. The van der Waals surface area contributed by atoms with Crippen LogP contribution in [0.1, 0.15) is 47.1 Å². The molecular weight excluding hydrogens is 412 g/mol. The molecule has 1 amide bonds. The van der Waals surface area contributed by atoms with Gasteiger partial charge in [-0.25, -0.2) is 8.42 Å². The maximum Gasteiger partial charge on any atom is 0.264 e. The van der Waals surface area contributed by atoms with Gasteiger partial charge in [0.25, 0.3) is 15.9 Å².